The maximum atomic E-state index is 10.6. The standard InChI is InChI=1S/C17H26N2O/c20-17(15-9-2-1-5-11-18-15)13-19-12-6-8-14-7-3-4-10-16(14)19/h3-4,7,10,15,17-18,20H,1-2,5-6,8-9,11-13H2. The largest absolute Gasteiger partial charge is 0.390 e. The summed E-state index contributed by atoms with van der Waals surface area (Å²) in [6.45, 7) is 2.88. The van der Waals surface area contributed by atoms with Crippen molar-refractivity contribution in [3.05, 3.63) is 29.8 Å². The zero-order chi connectivity index (χ0) is 13.8. The number of benzene rings is 1. The van der Waals surface area contributed by atoms with E-state index in [0.717, 1.165) is 26.1 Å². The van der Waals surface area contributed by atoms with Gasteiger partial charge in [0.1, 0.15) is 0 Å². The van der Waals surface area contributed by atoms with E-state index in [1.807, 2.05) is 0 Å². The zero-order valence-corrected chi connectivity index (χ0v) is 12.2. The monoisotopic (exact) mass is 274 g/mol. The van der Waals surface area contributed by atoms with Crippen molar-refractivity contribution in [1.82, 2.24) is 5.32 Å². The second-order valence-electron chi connectivity index (χ2n) is 6.16. The van der Waals surface area contributed by atoms with Crippen LogP contribution in [-0.4, -0.2) is 36.9 Å². The average Bonchev–Trinajstić information content (AvgIpc) is 2.77. The molecule has 1 aromatic carbocycles. The van der Waals surface area contributed by atoms with Crippen LogP contribution in [-0.2, 0) is 6.42 Å². The molecule has 0 saturated carbocycles. The highest BCUT2D eigenvalue weighted by molar-refractivity contribution is 5.55. The average molecular weight is 274 g/mol. The molecule has 0 bridgehead atoms. The Kier molecular flexibility index (Phi) is 4.58. The Labute approximate surface area is 122 Å². The number of para-hydroxylation sites is 1. The molecule has 2 aliphatic heterocycles. The van der Waals surface area contributed by atoms with E-state index in [-0.39, 0.29) is 12.1 Å². The maximum Gasteiger partial charge on any atom is 0.0867 e. The van der Waals surface area contributed by atoms with Gasteiger partial charge >= 0.3 is 0 Å². The summed E-state index contributed by atoms with van der Waals surface area (Å²) >= 11 is 0. The van der Waals surface area contributed by atoms with E-state index in [1.54, 1.807) is 0 Å². The van der Waals surface area contributed by atoms with Gasteiger partial charge in [-0.15, -0.1) is 0 Å². The fourth-order valence-corrected chi connectivity index (χ4v) is 3.54. The summed E-state index contributed by atoms with van der Waals surface area (Å²) in [4.78, 5) is 2.37. The second kappa shape index (κ2) is 6.59. The number of β-amino-alcohol motifs (C(OH)–C–C–N with tert-alkyl or cyclic N) is 1. The third-order valence-electron chi connectivity index (χ3n) is 4.68. The van der Waals surface area contributed by atoms with Crippen molar-refractivity contribution in [2.45, 2.75) is 50.7 Å². The summed E-state index contributed by atoms with van der Waals surface area (Å²) in [6, 6.07) is 8.91. The van der Waals surface area contributed by atoms with E-state index < -0.39 is 0 Å². The third-order valence-corrected chi connectivity index (χ3v) is 4.68. The highest BCUT2D eigenvalue weighted by atomic mass is 16.3. The predicted molar refractivity (Wildman–Crippen MR) is 83.2 cm³/mol. The molecule has 0 amide bonds. The molecule has 0 aromatic heterocycles. The Balaban J connectivity index is 1.65. The Hall–Kier alpha value is -1.06. The number of aryl methyl sites for hydroxylation is 1. The number of nitrogens with one attached hydrogen (secondary N) is 1. The lowest BCUT2D eigenvalue weighted by atomic mass is 9.99. The quantitative estimate of drug-likeness (QED) is 0.888. The summed E-state index contributed by atoms with van der Waals surface area (Å²) in [6.07, 6.45) is 6.99. The second-order valence-corrected chi connectivity index (χ2v) is 6.16. The van der Waals surface area contributed by atoms with Gasteiger partial charge in [-0.2, -0.15) is 0 Å². The third kappa shape index (κ3) is 3.15. The van der Waals surface area contributed by atoms with Gasteiger partial charge in [0.25, 0.3) is 0 Å². The van der Waals surface area contributed by atoms with E-state index >= 15 is 0 Å². The molecule has 2 unspecified atom stereocenters. The molecule has 0 aliphatic carbocycles. The molecule has 2 aliphatic rings. The molecule has 3 rings (SSSR count). The van der Waals surface area contributed by atoms with Gasteiger partial charge in [0.15, 0.2) is 0 Å². The van der Waals surface area contributed by atoms with Gasteiger partial charge in [-0.1, -0.05) is 31.0 Å². The number of rotatable bonds is 3. The van der Waals surface area contributed by atoms with Gasteiger partial charge < -0.3 is 15.3 Å². The first kappa shape index (κ1) is 13.9. The zero-order valence-electron chi connectivity index (χ0n) is 12.2. The van der Waals surface area contributed by atoms with Crippen LogP contribution in [0.5, 0.6) is 0 Å². The summed E-state index contributed by atoms with van der Waals surface area (Å²) in [7, 11) is 0. The lowest BCUT2D eigenvalue weighted by Crippen LogP contribution is -2.47. The summed E-state index contributed by atoms with van der Waals surface area (Å²) in [5.74, 6) is 0. The number of aliphatic hydroxyl groups excluding tert-OH is 1. The van der Waals surface area contributed by atoms with Gasteiger partial charge in [0.2, 0.25) is 0 Å². The predicted octanol–water partition coefficient (Wildman–Crippen LogP) is 2.33. The smallest absolute Gasteiger partial charge is 0.0867 e. The molecule has 3 heteroatoms. The molecule has 1 aromatic rings. The van der Waals surface area contributed by atoms with Crippen molar-refractivity contribution in [3.63, 3.8) is 0 Å². The number of hydrogen-bond acceptors (Lipinski definition) is 3. The van der Waals surface area contributed by atoms with Crippen LogP contribution in [0, 0.1) is 0 Å². The first-order valence-corrected chi connectivity index (χ1v) is 8.09. The highest BCUT2D eigenvalue weighted by Crippen LogP contribution is 2.27. The lowest BCUT2D eigenvalue weighted by molar-refractivity contribution is 0.130. The summed E-state index contributed by atoms with van der Waals surface area (Å²) in [5.41, 5.74) is 2.76. The van der Waals surface area contributed by atoms with Crippen LogP contribution in [0.4, 0.5) is 5.69 Å². The minimum atomic E-state index is -0.265. The fourth-order valence-electron chi connectivity index (χ4n) is 3.54. The van der Waals surface area contributed by atoms with Crippen LogP contribution in [0.1, 0.15) is 37.7 Å². The topological polar surface area (TPSA) is 35.5 Å². The van der Waals surface area contributed by atoms with Gasteiger partial charge in [-0.05, 0) is 43.9 Å². The molecule has 0 radical (unpaired) electrons. The molecule has 2 N–H and O–H groups in total. The van der Waals surface area contributed by atoms with Crippen molar-refractivity contribution >= 4 is 5.69 Å². The molecular weight excluding hydrogens is 248 g/mol. The van der Waals surface area contributed by atoms with E-state index in [0.29, 0.717) is 0 Å². The Morgan fingerprint density at radius 2 is 2.10 bits per heavy atom. The Morgan fingerprint density at radius 3 is 3.05 bits per heavy atom. The van der Waals surface area contributed by atoms with Crippen molar-refractivity contribution in [3.8, 4) is 0 Å². The molecule has 2 heterocycles. The van der Waals surface area contributed by atoms with E-state index in [4.69, 9.17) is 0 Å². The van der Waals surface area contributed by atoms with E-state index in [2.05, 4.69) is 34.5 Å². The van der Waals surface area contributed by atoms with Crippen LogP contribution in [0.2, 0.25) is 0 Å². The molecular formula is C17H26N2O. The fraction of sp³-hybridized carbons (Fsp3) is 0.647. The van der Waals surface area contributed by atoms with Crippen molar-refractivity contribution in [1.29, 1.82) is 0 Å². The van der Waals surface area contributed by atoms with Gasteiger partial charge in [-0.25, -0.2) is 0 Å². The molecule has 20 heavy (non-hydrogen) atoms. The number of anilines is 1. The molecule has 3 nitrogen and oxygen atoms in total. The number of nitrogens with zero attached hydrogens (tertiary/aromatic N) is 1. The minimum Gasteiger partial charge on any atom is -0.390 e. The Morgan fingerprint density at radius 1 is 1.20 bits per heavy atom. The highest BCUT2D eigenvalue weighted by Gasteiger charge is 2.24. The van der Waals surface area contributed by atoms with Crippen LogP contribution < -0.4 is 10.2 Å². The van der Waals surface area contributed by atoms with Crippen molar-refractivity contribution < 1.29 is 5.11 Å². The molecule has 1 fully saturated rings. The van der Waals surface area contributed by atoms with Crippen LogP contribution in [0.25, 0.3) is 0 Å². The van der Waals surface area contributed by atoms with Crippen molar-refractivity contribution in [2.24, 2.45) is 0 Å². The molecule has 0 spiro atoms. The van der Waals surface area contributed by atoms with E-state index in [9.17, 15) is 5.11 Å². The van der Waals surface area contributed by atoms with Gasteiger partial charge in [-0.3, -0.25) is 0 Å². The molecule has 2 atom stereocenters. The normalized spacial score (nSPS) is 24.9. The van der Waals surface area contributed by atoms with Gasteiger partial charge in [0.05, 0.1) is 6.10 Å². The number of fused-ring (bicyclic) bond motifs is 1. The minimum absolute atomic E-state index is 0.265. The first-order chi connectivity index (χ1) is 9.84. The number of aliphatic hydroxyl groups is 1. The van der Waals surface area contributed by atoms with Crippen LogP contribution in [0.15, 0.2) is 24.3 Å². The Bertz CT molecular complexity index is 427. The van der Waals surface area contributed by atoms with Gasteiger partial charge in [0, 0.05) is 24.8 Å². The maximum absolute atomic E-state index is 10.6. The van der Waals surface area contributed by atoms with Crippen LogP contribution in [0.3, 0.4) is 0 Å². The number of hydrogen-bond donors (Lipinski definition) is 2. The molecule has 1 saturated heterocycles. The first-order valence-electron chi connectivity index (χ1n) is 8.09. The summed E-state index contributed by atoms with van der Waals surface area (Å²) < 4.78 is 0. The summed E-state index contributed by atoms with van der Waals surface area (Å²) in [5, 5.41) is 14.1. The van der Waals surface area contributed by atoms with Crippen LogP contribution >= 0.6 is 0 Å². The molecule has 110 valence electrons. The van der Waals surface area contributed by atoms with E-state index in [1.165, 1.54) is 43.4 Å². The van der Waals surface area contributed by atoms with Crippen molar-refractivity contribution in [2.75, 3.05) is 24.5 Å². The lowest BCUT2D eigenvalue weighted by Gasteiger charge is -2.35. The SMILES string of the molecule is OC(CN1CCCc2ccccc21)C1CCCCCN1.